The van der Waals surface area contributed by atoms with E-state index in [1.54, 1.807) is 36.4 Å². The maximum absolute atomic E-state index is 14.1. The molecule has 3 rings (SSSR count). The van der Waals surface area contributed by atoms with Gasteiger partial charge in [0, 0.05) is 17.1 Å². The van der Waals surface area contributed by atoms with E-state index in [0.29, 0.717) is 16.6 Å². The lowest BCUT2D eigenvalue weighted by Crippen LogP contribution is -2.53. The number of benzene rings is 3. The largest absolute Gasteiger partial charge is 0.352 e. The van der Waals surface area contributed by atoms with E-state index in [4.69, 9.17) is 0 Å². The van der Waals surface area contributed by atoms with Crippen LogP contribution in [0.15, 0.2) is 82.2 Å². The number of nitrogens with zero attached hydrogens (tertiary/aromatic N) is 2. The Hall–Kier alpha value is -3.17. The van der Waals surface area contributed by atoms with Gasteiger partial charge in [-0.3, -0.25) is 13.9 Å². The van der Waals surface area contributed by atoms with Crippen LogP contribution in [0.3, 0.4) is 0 Å². The van der Waals surface area contributed by atoms with Gasteiger partial charge < -0.3 is 10.2 Å². The number of sulfonamides is 1. The van der Waals surface area contributed by atoms with Crippen LogP contribution >= 0.6 is 15.9 Å². The summed E-state index contributed by atoms with van der Waals surface area (Å²) in [4.78, 5) is 28.8. The van der Waals surface area contributed by atoms with E-state index in [-0.39, 0.29) is 23.4 Å². The summed E-state index contributed by atoms with van der Waals surface area (Å²) in [5.41, 5.74) is 3.14. The van der Waals surface area contributed by atoms with Gasteiger partial charge >= 0.3 is 0 Å². The molecule has 0 bridgehead atoms. The molecule has 0 unspecified atom stereocenters. The monoisotopic (exact) mass is 613 g/mol. The van der Waals surface area contributed by atoms with Gasteiger partial charge in [-0.15, -0.1) is 0 Å². The van der Waals surface area contributed by atoms with Gasteiger partial charge in [-0.05, 0) is 70.0 Å². The molecule has 0 aliphatic carbocycles. The molecule has 1 N–H and O–H groups in total. The first-order valence-corrected chi connectivity index (χ1v) is 15.2. The number of rotatable bonds is 11. The molecule has 0 aliphatic heterocycles. The quantitative estimate of drug-likeness (QED) is 0.305. The van der Waals surface area contributed by atoms with Gasteiger partial charge in [0.1, 0.15) is 12.6 Å². The first kappa shape index (κ1) is 30.4. The normalized spacial score (nSPS) is 12.2. The maximum Gasteiger partial charge on any atom is 0.264 e. The smallest absolute Gasteiger partial charge is 0.264 e. The van der Waals surface area contributed by atoms with Crippen molar-refractivity contribution in [3.05, 3.63) is 94.0 Å². The van der Waals surface area contributed by atoms with Crippen LogP contribution in [0, 0.1) is 13.8 Å². The first-order valence-electron chi connectivity index (χ1n) is 12.9. The number of carbonyl (C=O) groups excluding carboxylic acids is 2. The average Bonchev–Trinajstić information content (AvgIpc) is 2.86. The number of nitrogens with one attached hydrogen (secondary N) is 1. The molecule has 3 aromatic carbocycles. The molecule has 7 nitrogen and oxygen atoms in total. The Kier molecular flexibility index (Phi) is 10.3. The highest BCUT2D eigenvalue weighted by molar-refractivity contribution is 9.10. The molecule has 2 amide bonds. The Morgan fingerprint density at radius 2 is 1.59 bits per heavy atom. The number of hydrogen-bond donors (Lipinski definition) is 1. The van der Waals surface area contributed by atoms with Crippen LogP contribution in [0.2, 0.25) is 0 Å². The van der Waals surface area contributed by atoms with Crippen molar-refractivity contribution in [3.63, 3.8) is 0 Å². The molecule has 1 atom stereocenters. The fourth-order valence-corrected chi connectivity index (χ4v) is 6.10. The zero-order valence-electron chi connectivity index (χ0n) is 23.0. The standard InChI is InChI=1S/C30H36BrN3O4S/c1-6-28(30(36)32-21(2)3)33(19-24-10-7-9-23(5)17-24)29(35)20-34(26-12-8-11-25(31)18-26)39(37,38)27-15-13-22(4)14-16-27/h7-18,21,28H,6,19-20H2,1-5H3,(H,32,36)/t28-/m1/s1. The lowest BCUT2D eigenvalue weighted by atomic mass is 10.1. The highest BCUT2D eigenvalue weighted by Crippen LogP contribution is 2.27. The first-order chi connectivity index (χ1) is 18.4. The molecule has 9 heteroatoms. The van der Waals surface area contributed by atoms with E-state index in [2.05, 4.69) is 21.2 Å². The minimum absolute atomic E-state index is 0.0794. The van der Waals surface area contributed by atoms with Crippen molar-refractivity contribution >= 4 is 43.5 Å². The Labute approximate surface area is 240 Å². The number of carbonyl (C=O) groups is 2. The topological polar surface area (TPSA) is 86.8 Å². The molecule has 0 saturated carbocycles. The molecular weight excluding hydrogens is 578 g/mol. The summed E-state index contributed by atoms with van der Waals surface area (Å²) in [6.45, 7) is 9.10. The van der Waals surface area contributed by atoms with Crippen molar-refractivity contribution in [1.29, 1.82) is 0 Å². The van der Waals surface area contributed by atoms with Gasteiger partial charge in [-0.1, -0.05) is 76.4 Å². The average molecular weight is 615 g/mol. The zero-order valence-corrected chi connectivity index (χ0v) is 25.4. The van der Waals surface area contributed by atoms with Gasteiger partial charge in [0.25, 0.3) is 10.0 Å². The van der Waals surface area contributed by atoms with Gasteiger partial charge in [0.05, 0.1) is 10.6 Å². The minimum Gasteiger partial charge on any atom is -0.352 e. The number of aryl methyl sites for hydroxylation is 2. The van der Waals surface area contributed by atoms with Crippen LogP contribution in [0.1, 0.15) is 43.9 Å². The lowest BCUT2D eigenvalue weighted by molar-refractivity contribution is -0.140. The van der Waals surface area contributed by atoms with Crippen molar-refractivity contribution in [3.8, 4) is 0 Å². The van der Waals surface area contributed by atoms with Crippen LogP contribution in [0.4, 0.5) is 5.69 Å². The molecule has 208 valence electrons. The van der Waals surface area contributed by atoms with Crippen molar-refractivity contribution in [1.82, 2.24) is 10.2 Å². The molecule has 0 aliphatic rings. The molecule has 0 aromatic heterocycles. The third-order valence-electron chi connectivity index (χ3n) is 6.24. The summed E-state index contributed by atoms with van der Waals surface area (Å²) in [5.74, 6) is -0.748. The lowest BCUT2D eigenvalue weighted by Gasteiger charge is -2.33. The molecule has 0 heterocycles. The van der Waals surface area contributed by atoms with E-state index < -0.39 is 28.5 Å². The molecule has 39 heavy (non-hydrogen) atoms. The van der Waals surface area contributed by atoms with E-state index in [1.807, 2.05) is 58.9 Å². The van der Waals surface area contributed by atoms with E-state index in [1.165, 1.54) is 17.0 Å². The highest BCUT2D eigenvalue weighted by atomic mass is 79.9. The second kappa shape index (κ2) is 13.3. The maximum atomic E-state index is 14.1. The van der Waals surface area contributed by atoms with Gasteiger partial charge in [-0.25, -0.2) is 8.42 Å². The van der Waals surface area contributed by atoms with Crippen LogP contribution in [0.5, 0.6) is 0 Å². The van der Waals surface area contributed by atoms with E-state index >= 15 is 0 Å². The van der Waals surface area contributed by atoms with Crippen molar-refractivity contribution in [2.45, 2.75) is 64.6 Å². The SMILES string of the molecule is CC[C@H](C(=O)NC(C)C)N(Cc1cccc(C)c1)C(=O)CN(c1cccc(Br)c1)S(=O)(=O)c1ccc(C)cc1. The van der Waals surface area contributed by atoms with Gasteiger partial charge in [-0.2, -0.15) is 0 Å². The van der Waals surface area contributed by atoms with Crippen molar-refractivity contribution in [2.24, 2.45) is 0 Å². The molecule has 0 radical (unpaired) electrons. The Morgan fingerprint density at radius 1 is 0.923 bits per heavy atom. The second-order valence-electron chi connectivity index (χ2n) is 9.90. The van der Waals surface area contributed by atoms with Crippen molar-refractivity contribution in [2.75, 3.05) is 10.8 Å². The fourth-order valence-electron chi connectivity index (χ4n) is 4.30. The predicted octanol–water partition coefficient (Wildman–Crippen LogP) is 5.59. The Morgan fingerprint density at radius 3 is 2.18 bits per heavy atom. The Balaban J connectivity index is 2.07. The van der Waals surface area contributed by atoms with Crippen molar-refractivity contribution < 1.29 is 18.0 Å². The summed E-state index contributed by atoms with van der Waals surface area (Å²) < 4.78 is 29.6. The molecule has 0 saturated heterocycles. The summed E-state index contributed by atoms with van der Waals surface area (Å²) >= 11 is 3.42. The summed E-state index contributed by atoms with van der Waals surface area (Å²) in [5, 5.41) is 2.91. The van der Waals surface area contributed by atoms with Crippen LogP contribution < -0.4 is 9.62 Å². The fraction of sp³-hybridized carbons (Fsp3) is 0.333. The van der Waals surface area contributed by atoms with Crippen LogP contribution in [-0.4, -0.2) is 43.8 Å². The summed E-state index contributed by atoms with van der Waals surface area (Å²) in [7, 11) is -4.10. The van der Waals surface area contributed by atoms with Gasteiger partial charge in [0.2, 0.25) is 11.8 Å². The number of halogens is 1. The molecule has 3 aromatic rings. The van der Waals surface area contributed by atoms with E-state index in [9.17, 15) is 18.0 Å². The highest BCUT2D eigenvalue weighted by Gasteiger charge is 2.34. The predicted molar refractivity (Wildman–Crippen MR) is 159 cm³/mol. The number of amides is 2. The molecule has 0 spiro atoms. The summed E-state index contributed by atoms with van der Waals surface area (Å²) in [6, 6.07) is 20.2. The Bertz CT molecular complexity index is 1410. The van der Waals surface area contributed by atoms with Crippen LogP contribution in [0.25, 0.3) is 0 Å². The van der Waals surface area contributed by atoms with Gasteiger partial charge in [0.15, 0.2) is 0 Å². The third-order valence-corrected chi connectivity index (χ3v) is 8.52. The summed E-state index contributed by atoms with van der Waals surface area (Å²) in [6.07, 6.45) is 0.373. The molecular formula is C30H36BrN3O4S. The number of anilines is 1. The van der Waals surface area contributed by atoms with Crippen LogP contribution in [-0.2, 0) is 26.2 Å². The minimum atomic E-state index is -4.10. The number of hydrogen-bond acceptors (Lipinski definition) is 4. The van der Waals surface area contributed by atoms with E-state index in [0.717, 1.165) is 21.0 Å². The third kappa shape index (κ3) is 7.92. The second-order valence-corrected chi connectivity index (χ2v) is 12.7. The zero-order chi connectivity index (χ0) is 28.7. The molecule has 0 fully saturated rings.